The van der Waals surface area contributed by atoms with E-state index in [-0.39, 0.29) is 12.1 Å². The highest BCUT2D eigenvalue weighted by Gasteiger charge is 2.29. The second-order valence-corrected chi connectivity index (χ2v) is 10.0. The van der Waals surface area contributed by atoms with E-state index in [9.17, 15) is 10.1 Å². The fourth-order valence-electron chi connectivity index (χ4n) is 4.93. The van der Waals surface area contributed by atoms with Gasteiger partial charge in [-0.05, 0) is 68.1 Å². The number of nitriles is 1. The second-order valence-electron chi connectivity index (χ2n) is 9.10. The van der Waals surface area contributed by atoms with Crippen LogP contribution in [0, 0.1) is 17.2 Å². The number of fused-ring (bicyclic) bond motifs is 1. The number of carbonyl (C=O) groups is 1. The molecule has 1 aromatic carbocycles. The molecule has 31 heavy (non-hydrogen) atoms. The van der Waals surface area contributed by atoms with Crippen LogP contribution in [0.15, 0.2) is 29.6 Å². The zero-order valence-electron chi connectivity index (χ0n) is 18.6. The molecule has 1 aliphatic heterocycles. The number of benzene rings is 1. The van der Waals surface area contributed by atoms with Crippen LogP contribution < -0.4 is 10.2 Å². The van der Waals surface area contributed by atoms with Crippen LogP contribution in [0.1, 0.15) is 32.1 Å². The highest BCUT2D eigenvalue weighted by atomic mass is 32.1. The van der Waals surface area contributed by atoms with Gasteiger partial charge in [-0.3, -0.25) is 4.90 Å². The molecule has 4 rings (SSSR count). The lowest BCUT2D eigenvalue weighted by Gasteiger charge is -2.40. The standard InChI is InChI=1S/C24H33N5OS/c1-27(2)24(30)26-19-8-6-18(7-9-19)10-12-28-13-14-29(20(16-25)17-28)22-4-3-5-23-21(22)11-15-31-23/h3-5,11,15,18-20H,6-10,12-14,17H2,1-2H3,(H,26,30)/t18?,19?,20-/m1/s1. The van der Waals surface area contributed by atoms with Crippen molar-refractivity contribution in [3.8, 4) is 6.07 Å². The molecule has 2 aromatic rings. The van der Waals surface area contributed by atoms with E-state index in [1.54, 1.807) is 30.3 Å². The van der Waals surface area contributed by atoms with Gasteiger partial charge in [0.2, 0.25) is 0 Å². The van der Waals surface area contributed by atoms with Crippen molar-refractivity contribution >= 4 is 33.1 Å². The monoisotopic (exact) mass is 439 g/mol. The number of nitrogens with zero attached hydrogens (tertiary/aromatic N) is 4. The topological polar surface area (TPSA) is 62.6 Å². The van der Waals surface area contributed by atoms with Crippen molar-refractivity contribution in [2.45, 2.75) is 44.2 Å². The van der Waals surface area contributed by atoms with E-state index < -0.39 is 0 Å². The fraction of sp³-hybridized carbons (Fsp3) is 0.583. The Balaban J connectivity index is 1.26. The second kappa shape index (κ2) is 9.88. The average molecular weight is 440 g/mol. The number of hydrogen-bond donors (Lipinski definition) is 1. The van der Waals surface area contributed by atoms with Gasteiger partial charge in [0.25, 0.3) is 0 Å². The molecule has 0 spiro atoms. The van der Waals surface area contributed by atoms with Gasteiger partial charge in [0.1, 0.15) is 6.04 Å². The van der Waals surface area contributed by atoms with Crippen LogP contribution in [0.4, 0.5) is 10.5 Å². The van der Waals surface area contributed by atoms with Crippen LogP contribution >= 0.6 is 11.3 Å². The Bertz CT molecular complexity index is 927. The molecule has 1 saturated heterocycles. The van der Waals surface area contributed by atoms with Crippen LogP contribution in [0.2, 0.25) is 0 Å². The number of piperazine rings is 1. The van der Waals surface area contributed by atoms with Gasteiger partial charge >= 0.3 is 6.03 Å². The molecule has 1 saturated carbocycles. The molecule has 6 nitrogen and oxygen atoms in total. The Hall–Kier alpha value is -2.30. The lowest BCUT2D eigenvalue weighted by molar-refractivity contribution is 0.190. The number of anilines is 1. The van der Waals surface area contributed by atoms with E-state index in [0.29, 0.717) is 6.04 Å². The van der Waals surface area contributed by atoms with Gasteiger partial charge in [-0.25, -0.2) is 4.79 Å². The molecular formula is C24H33N5OS. The van der Waals surface area contributed by atoms with Crippen molar-refractivity contribution in [2.75, 3.05) is 45.2 Å². The summed E-state index contributed by atoms with van der Waals surface area (Å²) in [6, 6.07) is 11.4. The minimum absolute atomic E-state index is 0.0157. The molecule has 1 aromatic heterocycles. The summed E-state index contributed by atoms with van der Waals surface area (Å²) in [5.74, 6) is 0.727. The van der Waals surface area contributed by atoms with E-state index in [1.807, 2.05) is 0 Å². The molecular weight excluding hydrogens is 406 g/mol. The first-order valence-electron chi connectivity index (χ1n) is 11.4. The molecule has 1 N–H and O–H groups in total. The van der Waals surface area contributed by atoms with Crippen molar-refractivity contribution < 1.29 is 4.79 Å². The average Bonchev–Trinajstić information content (AvgIpc) is 3.27. The molecule has 0 radical (unpaired) electrons. The third-order valence-corrected chi connectivity index (χ3v) is 7.71. The molecule has 2 heterocycles. The maximum absolute atomic E-state index is 11.8. The summed E-state index contributed by atoms with van der Waals surface area (Å²) in [6.07, 6.45) is 5.69. The van der Waals surface area contributed by atoms with Gasteiger partial charge in [0, 0.05) is 55.5 Å². The van der Waals surface area contributed by atoms with Gasteiger partial charge in [0.15, 0.2) is 0 Å². The lowest BCUT2D eigenvalue weighted by Crippen LogP contribution is -2.53. The Morgan fingerprint density at radius 1 is 1.23 bits per heavy atom. The first-order chi connectivity index (χ1) is 15.0. The predicted molar refractivity (Wildman–Crippen MR) is 128 cm³/mol. The largest absolute Gasteiger partial charge is 0.353 e. The van der Waals surface area contributed by atoms with Crippen LogP contribution in [-0.4, -0.2) is 68.2 Å². The maximum Gasteiger partial charge on any atom is 0.317 e. The summed E-state index contributed by atoms with van der Waals surface area (Å²) >= 11 is 1.76. The molecule has 2 aliphatic rings. The van der Waals surface area contributed by atoms with E-state index in [4.69, 9.17) is 0 Å². The molecule has 1 aliphatic carbocycles. The molecule has 7 heteroatoms. The van der Waals surface area contributed by atoms with Crippen molar-refractivity contribution in [3.63, 3.8) is 0 Å². The third kappa shape index (κ3) is 5.13. The maximum atomic E-state index is 11.8. The zero-order chi connectivity index (χ0) is 21.8. The number of carbonyl (C=O) groups excluding carboxylic acids is 1. The number of nitrogens with one attached hydrogen (secondary N) is 1. The molecule has 166 valence electrons. The summed E-state index contributed by atoms with van der Waals surface area (Å²) in [5.41, 5.74) is 1.20. The quantitative estimate of drug-likeness (QED) is 0.761. The number of rotatable bonds is 5. The van der Waals surface area contributed by atoms with Gasteiger partial charge < -0.3 is 15.1 Å². The van der Waals surface area contributed by atoms with Crippen LogP contribution in [0.25, 0.3) is 10.1 Å². The number of hydrogen-bond acceptors (Lipinski definition) is 5. The highest BCUT2D eigenvalue weighted by Crippen LogP contribution is 2.33. The van der Waals surface area contributed by atoms with E-state index in [0.717, 1.165) is 44.9 Å². The number of urea groups is 1. The van der Waals surface area contributed by atoms with E-state index >= 15 is 0 Å². The zero-order valence-corrected chi connectivity index (χ0v) is 19.4. The number of thiophene rings is 1. The minimum Gasteiger partial charge on any atom is -0.353 e. The molecule has 1 atom stereocenters. The van der Waals surface area contributed by atoms with Gasteiger partial charge in [-0.15, -0.1) is 11.3 Å². The minimum atomic E-state index is -0.101. The van der Waals surface area contributed by atoms with Gasteiger partial charge in [-0.2, -0.15) is 5.26 Å². The molecule has 0 bridgehead atoms. The summed E-state index contributed by atoms with van der Waals surface area (Å²) in [4.78, 5) is 18.2. The highest BCUT2D eigenvalue weighted by molar-refractivity contribution is 7.17. The summed E-state index contributed by atoms with van der Waals surface area (Å²) in [7, 11) is 3.58. The van der Waals surface area contributed by atoms with Crippen molar-refractivity contribution in [1.29, 1.82) is 5.26 Å². The van der Waals surface area contributed by atoms with Crippen LogP contribution in [0.3, 0.4) is 0 Å². The van der Waals surface area contributed by atoms with Gasteiger partial charge in [-0.1, -0.05) is 6.07 Å². The normalized spacial score (nSPS) is 24.7. The van der Waals surface area contributed by atoms with Crippen LogP contribution in [0.5, 0.6) is 0 Å². The first kappa shape index (κ1) is 21.9. The summed E-state index contributed by atoms with van der Waals surface area (Å²) < 4.78 is 1.29. The van der Waals surface area contributed by atoms with Crippen molar-refractivity contribution in [2.24, 2.45) is 5.92 Å². The molecule has 0 unspecified atom stereocenters. The van der Waals surface area contributed by atoms with E-state index in [2.05, 4.69) is 50.8 Å². The van der Waals surface area contributed by atoms with Crippen molar-refractivity contribution in [3.05, 3.63) is 29.6 Å². The molecule has 2 amide bonds. The summed E-state index contributed by atoms with van der Waals surface area (Å²) in [6.45, 7) is 3.78. The fourth-order valence-corrected chi connectivity index (χ4v) is 5.74. The summed E-state index contributed by atoms with van der Waals surface area (Å²) in [5, 5.41) is 16.4. The van der Waals surface area contributed by atoms with Crippen LogP contribution in [-0.2, 0) is 0 Å². The predicted octanol–water partition coefficient (Wildman–Crippen LogP) is 4.14. The third-order valence-electron chi connectivity index (χ3n) is 6.83. The Morgan fingerprint density at radius 3 is 2.77 bits per heavy atom. The Kier molecular flexibility index (Phi) is 6.99. The smallest absolute Gasteiger partial charge is 0.317 e. The number of amides is 2. The lowest BCUT2D eigenvalue weighted by atomic mass is 9.84. The first-order valence-corrected chi connectivity index (χ1v) is 12.3. The Labute approximate surface area is 189 Å². The van der Waals surface area contributed by atoms with Gasteiger partial charge in [0.05, 0.1) is 6.07 Å². The SMILES string of the molecule is CN(C)C(=O)NC1CCC(CCN2CCN(c3cccc4sccc34)[C@H](C#N)C2)CC1. The van der Waals surface area contributed by atoms with Crippen molar-refractivity contribution in [1.82, 2.24) is 15.1 Å². The molecule has 2 fully saturated rings. The van der Waals surface area contributed by atoms with E-state index in [1.165, 1.54) is 35.0 Å². The Morgan fingerprint density at radius 2 is 2.03 bits per heavy atom.